The van der Waals surface area contributed by atoms with Gasteiger partial charge >= 0.3 is 0 Å². The van der Waals surface area contributed by atoms with Crippen LogP contribution in [0.3, 0.4) is 0 Å². The van der Waals surface area contributed by atoms with Crippen molar-refractivity contribution in [2.24, 2.45) is 5.16 Å². The Morgan fingerprint density at radius 1 is 1.14 bits per heavy atom. The van der Waals surface area contributed by atoms with Crippen LogP contribution in [0, 0.1) is 11.6 Å². The predicted octanol–water partition coefficient (Wildman–Crippen LogP) is 4.32. The molecule has 0 unspecified atom stereocenters. The molecular formula is C28H30F2N4O3. The fraction of sp³-hybridized carbons (Fsp3) is 0.393. The summed E-state index contributed by atoms with van der Waals surface area (Å²) in [4.78, 5) is 16.5. The summed E-state index contributed by atoms with van der Waals surface area (Å²) in [5.74, 6) is -1.94. The molecule has 194 valence electrons. The summed E-state index contributed by atoms with van der Waals surface area (Å²) < 4.78 is 33.7. The molecule has 0 aliphatic carbocycles. The number of piperidine rings is 1. The van der Waals surface area contributed by atoms with Crippen LogP contribution >= 0.6 is 0 Å². The summed E-state index contributed by atoms with van der Waals surface area (Å²) in [5, 5.41) is 14.0. The second kappa shape index (κ2) is 10.2. The van der Waals surface area contributed by atoms with E-state index in [1.165, 1.54) is 17.2 Å². The van der Waals surface area contributed by atoms with E-state index in [-0.39, 0.29) is 17.9 Å². The van der Waals surface area contributed by atoms with Crippen molar-refractivity contribution < 1.29 is 23.5 Å². The molecule has 7 nitrogen and oxygen atoms in total. The number of likely N-dealkylation sites (tertiary alicyclic amines) is 1. The van der Waals surface area contributed by atoms with E-state index in [9.17, 15) is 13.9 Å². The van der Waals surface area contributed by atoms with E-state index in [0.29, 0.717) is 17.9 Å². The van der Waals surface area contributed by atoms with Crippen molar-refractivity contribution in [2.75, 3.05) is 19.7 Å². The van der Waals surface area contributed by atoms with E-state index in [1.54, 1.807) is 26.1 Å². The van der Waals surface area contributed by atoms with E-state index < -0.39 is 17.2 Å². The summed E-state index contributed by atoms with van der Waals surface area (Å²) in [5.41, 5.74) is 3.16. The second-order valence-corrected chi connectivity index (χ2v) is 10.3. The first kappa shape index (κ1) is 25.4. The fourth-order valence-electron chi connectivity index (χ4n) is 4.80. The van der Waals surface area contributed by atoms with Crippen LogP contribution in [0.1, 0.15) is 54.6 Å². The molecule has 1 fully saturated rings. The zero-order chi connectivity index (χ0) is 26.0. The van der Waals surface area contributed by atoms with Gasteiger partial charge in [-0.25, -0.2) is 8.78 Å². The van der Waals surface area contributed by atoms with E-state index >= 15 is 0 Å². The van der Waals surface area contributed by atoms with Gasteiger partial charge in [0.05, 0.1) is 23.5 Å². The molecule has 2 aromatic heterocycles. The molecule has 0 amide bonds. The van der Waals surface area contributed by atoms with Gasteiger partial charge in [-0.3, -0.25) is 14.9 Å². The third-order valence-electron chi connectivity index (χ3n) is 6.81. The topological polar surface area (TPSA) is 80.1 Å². The van der Waals surface area contributed by atoms with Crippen molar-refractivity contribution in [1.82, 2.24) is 14.9 Å². The number of hydrogen-bond acceptors (Lipinski definition) is 7. The molecule has 1 saturated heterocycles. The summed E-state index contributed by atoms with van der Waals surface area (Å²) in [6, 6.07) is 9.29. The average molecular weight is 509 g/mol. The van der Waals surface area contributed by atoms with Crippen LogP contribution in [0.5, 0.6) is 0 Å². The van der Waals surface area contributed by atoms with E-state index in [1.807, 2.05) is 24.5 Å². The van der Waals surface area contributed by atoms with Gasteiger partial charge in [-0.1, -0.05) is 11.2 Å². The molecule has 0 bridgehead atoms. The number of oxime groups is 1. The van der Waals surface area contributed by atoms with Crippen molar-refractivity contribution in [3.8, 4) is 0 Å². The lowest BCUT2D eigenvalue weighted by molar-refractivity contribution is -0.0800. The number of pyridine rings is 2. The molecule has 0 atom stereocenters. The van der Waals surface area contributed by atoms with Crippen molar-refractivity contribution >= 4 is 5.71 Å². The molecule has 1 aromatic carbocycles. The Hall–Kier alpha value is -3.27. The maximum Gasteiger partial charge on any atom is 0.159 e. The third-order valence-corrected chi connectivity index (χ3v) is 6.81. The van der Waals surface area contributed by atoms with Gasteiger partial charge in [0.15, 0.2) is 11.6 Å². The number of nitrogens with zero attached hydrogens (tertiary/aromatic N) is 4. The molecule has 5 rings (SSSR count). The molecule has 9 heteroatoms. The molecule has 37 heavy (non-hydrogen) atoms. The number of fused-ring (bicyclic) bond motifs is 2. The first-order valence-corrected chi connectivity index (χ1v) is 12.4. The number of aromatic nitrogens is 2. The lowest BCUT2D eigenvalue weighted by Crippen LogP contribution is -2.42. The fourth-order valence-corrected chi connectivity index (χ4v) is 4.80. The number of ether oxygens (including phenoxy) is 1. The molecule has 1 spiro atoms. The highest BCUT2D eigenvalue weighted by Gasteiger charge is 2.42. The van der Waals surface area contributed by atoms with Gasteiger partial charge in [-0.2, -0.15) is 0 Å². The second-order valence-electron chi connectivity index (χ2n) is 10.3. The van der Waals surface area contributed by atoms with Crippen molar-refractivity contribution in [2.45, 2.75) is 51.0 Å². The van der Waals surface area contributed by atoms with Crippen molar-refractivity contribution in [1.29, 1.82) is 0 Å². The van der Waals surface area contributed by atoms with Gasteiger partial charge in [0.1, 0.15) is 12.3 Å². The molecule has 2 aliphatic heterocycles. The number of halogens is 2. The van der Waals surface area contributed by atoms with E-state index in [2.05, 4.69) is 20.0 Å². The normalized spacial score (nSPS) is 17.7. The van der Waals surface area contributed by atoms with Crippen LogP contribution in [0.4, 0.5) is 8.78 Å². The van der Waals surface area contributed by atoms with Crippen LogP contribution in [-0.2, 0) is 28.3 Å². The summed E-state index contributed by atoms with van der Waals surface area (Å²) in [6.07, 6.45) is 7.33. The van der Waals surface area contributed by atoms with Gasteiger partial charge in [0, 0.05) is 49.4 Å². The third kappa shape index (κ3) is 5.69. The highest BCUT2D eigenvalue weighted by Crippen LogP contribution is 2.43. The molecule has 2 aliphatic rings. The number of hydrogen-bond donors (Lipinski definition) is 1. The molecule has 4 heterocycles. The zero-order valence-electron chi connectivity index (χ0n) is 21.0. The van der Waals surface area contributed by atoms with Crippen LogP contribution in [0.15, 0.2) is 60.1 Å². The quantitative estimate of drug-likeness (QED) is 0.378. The van der Waals surface area contributed by atoms with E-state index in [4.69, 9.17) is 9.57 Å². The Morgan fingerprint density at radius 3 is 2.65 bits per heavy atom. The van der Waals surface area contributed by atoms with Crippen molar-refractivity contribution in [3.63, 3.8) is 0 Å². The van der Waals surface area contributed by atoms with Gasteiger partial charge in [0.25, 0.3) is 0 Å². The largest absolute Gasteiger partial charge is 0.392 e. The summed E-state index contributed by atoms with van der Waals surface area (Å²) in [6.45, 7) is 6.26. The summed E-state index contributed by atoms with van der Waals surface area (Å²) in [7, 11) is 0. The standard InChI is InChI=1S/C28H30F2N4O3/c1-27(2,35)18-37-33-26(20-4-5-23(29)24(30)13-20)25-6-3-19(14-32-25)16-34-11-8-28(9-12-34)22-15-31-10-7-21(22)17-36-28/h3-7,10,13-15,35H,8-9,11-12,16-18H2,1-2H3/b33-26+. The van der Waals surface area contributed by atoms with Crippen LogP contribution in [0.25, 0.3) is 0 Å². The lowest BCUT2D eigenvalue weighted by atomic mass is 9.84. The monoisotopic (exact) mass is 508 g/mol. The average Bonchev–Trinajstić information content (AvgIpc) is 3.23. The molecule has 1 N–H and O–H groups in total. The zero-order valence-corrected chi connectivity index (χ0v) is 21.0. The van der Waals surface area contributed by atoms with Crippen molar-refractivity contribution in [3.05, 3.63) is 94.6 Å². The maximum absolute atomic E-state index is 13.9. The number of aliphatic hydroxyl groups is 1. The molecule has 0 radical (unpaired) electrons. The van der Waals surface area contributed by atoms with Crippen LogP contribution in [0.2, 0.25) is 0 Å². The molecule has 0 saturated carbocycles. The Kier molecular flexibility index (Phi) is 7.02. The summed E-state index contributed by atoms with van der Waals surface area (Å²) >= 11 is 0. The molecule has 3 aromatic rings. The lowest BCUT2D eigenvalue weighted by Gasteiger charge is -2.39. The van der Waals surface area contributed by atoms with Crippen LogP contribution in [-0.4, -0.2) is 51.0 Å². The van der Waals surface area contributed by atoms with Gasteiger partial charge in [-0.15, -0.1) is 0 Å². The minimum absolute atomic E-state index is 0.0705. The number of benzene rings is 1. The smallest absolute Gasteiger partial charge is 0.159 e. The minimum Gasteiger partial charge on any atom is -0.392 e. The Bertz CT molecular complexity index is 1280. The van der Waals surface area contributed by atoms with Gasteiger partial charge in [-0.05, 0) is 68.1 Å². The minimum atomic E-state index is -1.10. The number of rotatable bonds is 7. The Balaban J connectivity index is 1.28. The first-order valence-electron chi connectivity index (χ1n) is 12.4. The Labute approximate surface area is 214 Å². The Morgan fingerprint density at radius 2 is 1.95 bits per heavy atom. The molecular weight excluding hydrogens is 478 g/mol. The van der Waals surface area contributed by atoms with Crippen LogP contribution < -0.4 is 0 Å². The SMILES string of the molecule is CC(C)(O)CO/N=C(\c1ccc(F)c(F)c1)c1ccc(CN2CCC3(CC2)OCc2ccncc23)cn1. The van der Waals surface area contributed by atoms with Gasteiger partial charge in [0.2, 0.25) is 0 Å². The highest BCUT2D eigenvalue weighted by molar-refractivity contribution is 6.11. The predicted molar refractivity (Wildman–Crippen MR) is 134 cm³/mol. The highest BCUT2D eigenvalue weighted by atomic mass is 19.2. The first-order chi connectivity index (χ1) is 17.7. The maximum atomic E-state index is 13.9. The van der Waals surface area contributed by atoms with Gasteiger partial charge < -0.3 is 14.7 Å². The van der Waals surface area contributed by atoms with E-state index in [0.717, 1.165) is 50.2 Å².